The standard InChI is InChI=1S/C15H28O2/c1-11-8-12(2)10-13(9-11)15(16)6-4-14(17-3)5-7-15/h11-14,16H,4-10H2,1-3H3. The molecule has 0 heterocycles. The molecule has 100 valence electrons. The van der Waals surface area contributed by atoms with Crippen molar-refractivity contribution in [2.24, 2.45) is 17.8 Å². The third-order valence-corrected chi connectivity index (χ3v) is 5.07. The van der Waals surface area contributed by atoms with Gasteiger partial charge >= 0.3 is 0 Å². The van der Waals surface area contributed by atoms with Crippen LogP contribution in [0.15, 0.2) is 0 Å². The molecule has 0 saturated heterocycles. The Morgan fingerprint density at radius 1 is 1.00 bits per heavy atom. The van der Waals surface area contributed by atoms with E-state index in [1.807, 2.05) is 0 Å². The molecule has 0 bridgehead atoms. The molecule has 0 aromatic carbocycles. The molecular weight excluding hydrogens is 212 g/mol. The van der Waals surface area contributed by atoms with Crippen LogP contribution in [0.1, 0.15) is 58.8 Å². The van der Waals surface area contributed by atoms with Gasteiger partial charge in [0, 0.05) is 7.11 Å². The van der Waals surface area contributed by atoms with Gasteiger partial charge in [-0.05, 0) is 62.7 Å². The number of rotatable bonds is 2. The van der Waals surface area contributed by atoms with Gasteiger partial charge in [0.1, 0.15) is 0 Å². The average molecular weight is 240 g/mol. The molecule has 1 N–H and O–H groups in total. The normalized spacial score (nSPS) is 48.0. The minimum absolute atomic E-state index is 0.383. The second-order valence-corrected chi connectivity index (χ2v) is 6.65. The van der Waals surface area contributed by atoms with E-state index >= 15 is 0 Å². The van der Waals surface area contributed by atoms with Crippen LogP contribution in [-0.2, 0) is 4.74 Å². The van der Waals surface area contributed by atoms with Gasteiger partial charge in [0.2, 0.25) is 0 Å². The lowest BCUT2D eigenvalue weighted by Crippen LogP contribution is -2.45. The molecular formula is C15H28O2. The fourth-order valence-corrected chi connectivity index (χ4v) is 4.12. The summed E-state index contributed by atoms with van der Waals surface area (Å²) in [6.07, 6.45) is 8.11. The summed E-state index contributed by atoms with van der Waals surface area (Å²) in [4.78, 5) is 0. The zero-order valence-corrected chi connectivity index (χ0v) is 11.6. The maximum absolute atomic E-state index is 10.9. The van der Waals surface area contributed by atoms with Crippen molar-refractivity contribution in [2.75, 3.05) is 7.11 Å². The third kappa shape index (κ3) is 3.03. The number of hydrogen-bond donors (Lipinski definition) is 1. The predicted octanol–water partition coefficient (Wildman–Crippen LogP) is 3.38. The van der Waals surface area contributed by atoms with Crippen LogP contribution in [-0.4, -0.2) is 23.9 Å². The first-order valence-corrected chi connectivity index (χ1v) is 7.28. The lowest BCUT2D eigenvalue weighted by Gasteiger charge is -2.45. The second kappa shape index (κ2) is 5.27. The average Bonchev–Trinajstić information content (AvgIpc) is 2.29. The van der Waals surface area contributed by atoms with Crippen molar-refractivity contribution in [1.82, 2.24) is 0 Å². The highest BCUT2D eigenvalue weighted by Crippen LogP contribution is 2.45. The molecule has 0 radical (unpaired) electrons. The zero-order chi connectivity index (χ0) is 12.5. The molecule has 0 amide bonds. The van der Waals surface area contributed by atoms with E-state index in [0.717, 1.165) is 37.5 Å². The van der Waals surface area contributed by atoms with Crippen LogP contribution in [0.3, 0.4) is 0 Å². The molecule has 0 aliphatic heterocycles. The summed E-state index contributed by atoms with van der Waals surface area (Å²) in [5.74, 6) is 2.10. The smallest absolute Gasteiger partial charge is 0.0678 e. The second-order valence-electron chi connectivity index (χ2n) is 6.65. The molecule has 2 rings (SSSR count). The van der Waals surface area contributed by atoms with E-state index in [4.69, 9.17) is 4.74 Å². The van der Waals surface area contributed by atoms with E-state index in [1.54, 1.807) is 7.11 Å². The van der Waals surface area contributed by atoms with Crippen LogP contribution in [0.25, 0.3) is 0 Å². The van der Waals surface area contributed by atoms with Crippen LogP contribution in [0.2, 0.25) is 0 Å². The topological polar surface area (TPSA) is 29.5 Å². The minimum Gasteiger partial charge on any atom is -0.390 e. The van der Waals surface area contributed by atoms with E-state index < -0.39 is 5.60 Å². The highest BCUT2D eigenvalue weighted by molar-refractivity contribution is 4.94. The number of ether oxygens (including phenoxy) is 1. The molecule has 2 aliphatic rings. The van der Waals surface area contributed by atoms with Crippen molar-refractivity contribution >= 4 is 0 Å². The van der Waals surface area contributed by atoms with Crippen LogP contribution in [0, 0.1) is 17.8 Å². The lowest BCUT2D eigenvalue weighted by molar-refractivity contribution is -0.0983. The minimum atomic E-state index is -0.391. The molecule has 2 saturated carbocycles. The summed E-state index contributed by atoms with van der Waals surface area (Å²) < 4.78 is 5.40. The Bertz CT molecular complexity index is 233. The molecule has 0 spiro atoms. The Balaban J connectivity index is 1.96. The fraction of sp³-hybridized carbons (Fsp3) is 1.00. The molecule has 2 unspecified atom stereocenters. The van der Waals surface area contributed by atoms with Gasteiger partial charge in [-0.25, -0.2) is 0 Å². The molecule has 0 aromatic heterocycles. The summed E-state index contributed by atoms with van der Waals surface area (Å²) in [6, 6.07) is 0. The van der Waals surface area contributed by atoms with E-state index in [-0.39, 0.29) is 0 Å². The first-order valence-electron chi connectivity index (χ1n) is 7.28. The van der Waals surface area contributed by atoms with Gasteiger partial charge in [-0.1, -0.05) is 13.8 Å². The van der Waals surface area contributed by atoms with Gasteiger partial charge in [0.15, 0.2) is 0 Å². The summed E-state index contributed by atoms with van der Waals surface area (Å²) >= 11 is 0. The molecule has 17 heavy (non-hydrogen) atoms. The van der Waals surface area contributed by atoms with Crippen LogP contribution >= 0.6 is 0 Å². The van der Waals surface area contributed by atoms with Gasteiger partial charge < -0.3 is 9.84 Å². The fourth-order valence-electron chi connectivity index (χ4n) is 4.12. The molecule has 2 aliphatic carbocycles. The van der Waals surface area contributed by atoms with Crippen molar-refractivity contribution in [3.63, 3.8) is 0 Å². The molecule has 2 fully saturated rings. The number of aliphatic hydroxyl groups is 1. The highest BCUT2D eigenvalue weighted by atomic mass is 16.5. The van der Waals surface area contributed by atoms with Gasteiger partial charge in [0.05, 0.1) is 11.7 Å². The number of methoxy groups -OCH3 is 1. The van der Waals surface area contributed by atoms with Crippen molar-refractivity contribution in [2.45, 2.75) is 70.5 Å². The summed E-state index contributed by atoms with van der Waals surface area (Å²) in [6.45, 7) is 4.68. The highest BCUT2D eigenvalue weighted by Gasteiger charge is 2.42. The molecule has 2 atom stereocenters. The van der Waals surface area contributed by atoms with E-state index in [9.17, 15) is 5.11 Å². The van der Waals surface area contributed by atoms with E-state index in [0.29, 0.717) is 12.0 Å². The SMILES string of the molecule is COC1CCC(O)(C2CC(C)CC(C)C2)CC1. The van der Waals surface area contributed by atoms with Crippen molar-refractivity contribution in [3.05, 3.63) is 0 Å². The van der Waals surface area contributed by atoms with E-state index in [1.165, 1.54) is 19.3 Å². The summed E-state index contributed by atoms with van der Waals surface area (Å²) in [7, 11) is 1.79. The lowest BCUT2D eigenvalue weighted by atomic mass is 9.65. The largest absolute Gasteiger partial charge is 0.390 e. The van der Waals surface area contributed by atoms with Crippen LogP contribution in [0.5, 0.6) is 0 Å². The maximum atomic E-state index is 10.9. The van der Waals surface area contributed by atoms with Crippen molar-refractivity contribution in [3.8, 4) is 0 Å². The quantitative estimate of drug-likeness (QED) is 0.802. The summed E-state index contributed by atoms with van der Waals surface area (Å²) in [5.41, 5.74) is -0.391. The first-order chi connectivity index (χ1) is 8.03. The van der Waals surface area contributed by atoms with Crippen LogP contribution < -0.4 is 0 Å². The van der Waals surface area contributed by atoms with Gasteiger partial charge in [-0.3, -0.25) is 0 Å². The third-order valence-electron chi connectivity index (χ3n) is 5.07. The summed E-state index contributed by atoms with van der Waals surface area (Å²) in [5, 5.41) is 10.9. The first kappa shape index (κ1) is 13.4. The maximum Gasteiger partial charge on any atom is 0.0678 e. The Hall–Kier alpha value is -0.0800. The predicted molar refractivity (Wildman–Crippen MR) is 69.9 cm³/mol. The van der Waals surface area contributed by atoms with Crippen molar-refractivity contribution in [1.29, 1.82) is 0 Å². The molecule has 2 heteroatoms. The van der Waals surface area contributed by atoms with Gasteiger partial charge in [-0.15, -0.1) is 0 Å². The van der Waals surface area contributed by atoms with Crippen LogP contribution in [0.4, 0.5) is 0 Å². The van der Waals surface area contributed by atoms with Crippen molar-refractivity contribution < 1.29 is 9.84 Å². The number of hydrogen-bond acceptors (Lipinski definition) is 2. The Morgan fingerprint density at radius 3 is 2.00 bits per heavy atom. The Kier molecular flexibility index (Phi) is 4.14. The van der Waals surface area contributed by atoms with E-state index in [2.05, 4.69) is 13.8 Å². The monoisotopic (exact) mass is 240 g/mol. The Labute approximate surface area is 106 Å². The molecule has 0 aromatic rings. The van der Waals surface area contributed by atoms with Gasteiger partial charge in [-0.2, -0.15) is 0 Å². The van der Waals surface area contributed by atoms with Gasteiger partial charge in [0.25, 0.3) is 0 Å². The zero-order valence-electron chi connectivity index (χ0n) is 11.6. The Morgan fingerprint density at radius 2 is 1.53 bits per heavy atom. The molecule has 2 nitrogen and oxygen atoms in total.